The Morgan fingerprint density at radius 3 is 2.06 bits per heavy atom. The van der Waals surface area contributed by atoms with Crippen LogP contribution in [-0.4, -0.2) is 0 Å². The third-order valence-corrected chi connectivity index (χ3v) is 3.26. The van der Waals surface area contributed by atoms with Gasteiger partial charge in [0.05, 0.1) is 0 Å². The molecule has 0 saturated heterocycles. The normalized spacial score (nSPS) is 9.94. The van der Waals surface area contributed by atoms with E-state index in [1.807, 2.05) is 24.3 Å². The Bertz CT molecular complexity index is 509. The standard InChI is InChI=1S/C14H13Cl2N.ClH/c15-13-6-5-12(14(16)8-13)7-10-1-3-11(9-17)4-2-10;/h1-6,8H,7,9,17H2;1H. The van der Waals surface area contributed by atoms with Crippen LogP contribution in [0.2, 0.25) is 10.0 Å². The number of nitrogens with two attached hydrogens (primary N) is 1. The summed E-state index contributed by atoms with van der Waals surface area (Å²) in [5.74, 6) is 0. The molecule has 0 radical (unpaired) electrons. The third kappa shape index (κ3) is 3.89. The average molecular weight is 303 g/mol. The van der Waals surface area contributed by atoms with Crippen molar-refractivity contribution in [2.75, 3.05) is 0 Å². The summed E-state index contributed by atoms with van der Waals surface area (Å²) in [6.45, 7) is 0.571. The zero-order valence-corrected chi connectivity index (χ0v) is 12.0. The molecule has 0 unspecified atom stereocenters. The van der Waals surface area contributed by atoms with Crippen LogP contribution >= 0.6 is 35.6 Å². The Hall–Kier alpha value is -0.730. The predicted octanol–water partition coefficient (Wildman–Crippen LogP) is 4.46. The fourth-order valence-electron chi connectivity index (χ4n) is 1.68. The Morgan fingerprint density at radius 2 is 1.50 bits per heavy atom. The van der Waals surface area contributed by atoms with Gasteiger partial charge in [-0.3, -0.25) is 0 Å². The largest absolute Gasteiger partial charge is 0.326 e. The first-order valence-electron chi connectivity index (χ1n) is 5.41. The molecule has 0 aliphatic heterocycles. The molecule has 96 valence electrons. The molecule has 0 saturated carbocycles. The Kier molecular flexibility index (Phi) is 5.97. The molecule has 2 aromatic rings. The van der Waals surface area contributed by atoms with Gasteiger partial charge in [-0.15, -0.1) is 12.4 Å². The van der Waals surface area contributed by atoms with Crippen molar-refractivity contribution in [2.45, 2.75) is 13.0 Å². The molecular formula is C14H14Cl3N. The van der Waals surface area contributed by atoms with E-state index in [1.54, 1.807) is 6.07 Å². The molecule has 18 heavy (non-hydrogen) atoms. The molecule has 0 heterocycles. The lowest BCUT2D eigenvalue weighted by atomic mass is 10.0. The highest BCUT2D eigenvalue weighted by Crippen LogP contribution is 2.23. The van der Waals surface area contributed by atoms with Crippen LogP contribution in [-0.2, 0) is 13.0 Å². The average Bonchev–Trinajstić information content (AvgIpc) is 2.34. The highest BCUT2D eigenvalue weighted by atomic mass is 35.5. The molecule has 0 amide bonds. The van der Waals surface area contributed by atoms with Crippen LogP contribution < -0.4 is 5.73 Å². The van der Waals surface area contributed by atoms with E-state index in [0.29, 0.717) is 16.6 Å². The summed E-state index contributed by atoms with van der Waals surface area (Å²) in [5, 5.41) is 1.37. The first-order chi connectivity index (χ1) is 8.19. The van der Waals surface area contributed by atoms with Gasteiger partial charge in [-0.25, -0.2) is 0 Å². The van der Waals surface area contributed by atoms with Gasteiger partial charge in [-0.1, -0.05) is 53.5 Å². The minimum absolute atomic E-state index is 0. The van der Waals surface area contributed by atoms with Crippen LogP contribution in [0.3, 0.4) is 0 Å². The quantitative estimate of drug-likeness (QED) is 0.889. The van der Waals surface area contributed by atoms with Crippen molar-refractivity contribution in [1.29, 1.82) is 0 Å². The number of hydrogen-bond acceptors (Lipinski definition) is 1. The third-order valence-electron chi connectivity index (χ3n) is 2.67. The minimum atomic E-state index is 0. The lowest BCUT2D eigenvalue weighted by Gasteiger charge is -2.06. The zero-order valence-electron chi connectivity index (χ0n) is 9.70. The van der Waals surface area contributed by atoms with Crippen molar-refractivity contribution in [3.63, 3.8) is 0 Å². The summed E-state index contributed by atoms with van der Waals surface area (Å²) in [5.41, 5.74) is 8.99. The molecule has 0 aromatic heterocycles. The van der Waals surface area contributed by atoms with Gasteiger partial charge < -0.3 is 5.73 Å². The zero-order chi connectivity index (χ0) is 12.3. The molecule has 2 N–H and O–H groups in total. The number of halogens is 3. The molecule has 0 fully saturated rings. The number of hydrogen-bond donors (Lipinski definition) is 1. The van der Waals surface area contributed by atoms with E-state index in [9.17, 15) is 0 Å². The monoisotopic (exact) mass is 301 g/mol. The van der Waals surface area contributed by atoms with Crippen molar-refractivity contribution in [2.24, 2.45) is 5.73 Å². The Labute approximate surface area is 123 Å². The number of benzene rings is 2. The topological polar surface area (TPSA) is 26.0 Å². The van der Waals surface area contributed by atoms with Crippen LogP contribution in [0.1, 0.15) is 16.7 Å². The summed E-state index contributed by atoms with van der Waals surface area (Å²) < 4.78 is 0. The molecule has 2 rings (SSSR count). The number of rotatable bonds is 3. The fourth-order valence-corrected chi connectivity index (χ4v) is 2.15. The summed E-state index contributed by atoms with van der Waals surface area (Å²) in [6, 6.07) is 13.8. The van der Waals surface area contributed by atoms with E-state index in [1.165, 1.54) is 5.56 Å². The Balaban J connectivity index is 0.00000162. The van der Waals surface area contributed by atoms with E-state index in [-0.39, 0.29) is 12.4 Å². The predicted molar refractivity (Wildman–Crippen MR) is 80.8 cm³/mol. The van der Waals surface area contributed by atoms with E-state index in [2.05, 4.69) is 12.1 Å². The van der Waals surface area contributed by atoms with Gasteiger partial charge in [0, 0.05) is 16.6 Å². The van der Waals surface area contributed by atoms with E-state index < -0.39 is 0 Å². The maximum Gasteiger partial charge on any atom is 0.0456 e. The Morgan fingerprint density at radius 1 is 0.889 bits per heavy atom. The fraction of sp³-hybridized carbons (Fsp3) is 0.143. The maximum absolute atomic E-state index is 6.13. The van der Waals surface area contributed by atoms with Crippen molar-refractivity contribution in [1.82, 2.24) is 0 Å². The maximum atomic E-state index is 6.13. The van der Waals surface area contributed by atoms with Gasteiger partial charge in [-0.2, -0.15) is 0 Å². The highest BCUT2D eigenvalue weighted by Gasteiger charge is 2.02. The van der Waals surface area contributed by atoms with E-state index in [4.69, 9.17) is 28.9 Å². The summed E-state index contributed by atoms with van der Waals surface area (Å²) in [4.78, 5) is 0. The summed E-state index contributed by atoms with van der Waals surface area (Å²) in [7, 11) is 0. The highest BCUT2D eigenvalue weighted by molar-refractivity contribution is 6.35. The van der Waals surface area contributed by atoms with Gasteiger partial charge in [0.15, 0.2) is 0 Å². The van der Waals surface area contributed by atoms with Crippen LogP contribution in [0.4, 0.5) is 0 Å². The van der Waals surface area contributed by atoms with E-state index >= 15 is 0 Å². The molecule has 4 heteroatoms. The van der Waals surface area contributed by atoms with Crippen molar-refractivity contribution >= 4 is 35.6 Å². The minimum Gasteiger partial charge on any atom is -0.326 e. The van der Waals surface area contributed by atoms with Crippen LogP contribution in [0.5, 0.6) is 0 Å². The smallest absolute Gasteiger partial charge is 0.0456 e. The first-order valence-corrected chi connectivity index (χ1v) is 6.16. The van der Waals surface area contributed by atoms with Crippen LogP contribution in [0, 0.1) is 0 Å². The van der Waals surface area contributed by atoms with Crippen molar-refractivity contribution in [3.8, 4) is 0 Å². The van der Waals surface area contributed by atoms with Crippen molar-refractivity contribution in [3.05, 3.63) is 69.2 Å². The van der Waals surface area contributed by atoms with Crippen LogP contribution in [0.25, 0.3) is 0 Å². The lowest BCUT2D eigenvalue weighted by Crippen LogP contribution is -1.96. The van der Waals surface area contributed by atoms with Crippen molar-refractivity contribution < 1.29 is 0 Å². The van der Waals surface area contributed by atoms with Gasteiger partial charge >= 0.3 is 0 Å². The molecular weight excluding hydrogens is 289 g/mol. The molecule has 0 aliphatic carbocycles. The molecule has 0 bridgehead atoms. The molecule has 0 aliphatic rings. The summed E-state index contributed by atoms with van der Waals surface area (Å²) >= 11 is 12.0. The molecule has 1 nitrogen and oxygen atoms in total. The van der Waals surface area contributed by atoms with Gasteiger partial charge in [-0.05, 0) is 35.2 Å². The molecule has 2 aromatic carbocycles. The van der Waals surface area contributed by atoms with E-state index in [0.717, 1.165) is 17.5 Å². The summed E-state index contributed by atoms with van der Waals surface area (Å²) in [6.07, 6.45) is 0.806. The second-order valence-electron chi connectivity index (χ2n) is 3.93. The second kappa shape index (κ2) is 7.01. The van der Waals surface area contributed by atoms with Gasteiger partial charge in [0.2, 0.25) is 0 Å². The first kappa shape index (κ1) is 15.3. The van der Waals surface area contributed by atoms with Gasteiger partial charge in [0.25, 0.3) is 0 Å². The van der Waals surface area contributed by atoms with Crippen LogP contribution in [0.15, 0.2) is 42.5 Å². The SMILES string of the molecule is Cl.NCc1ccc(Cc2ccc(Cl)cc2Cl)cc1. The lowest BCUT2D eigenvalue weighted by molar-refractivity contribution is 1.06. The molecule has 0 spiro atoms. The molecule has 0 atom stereocenters. The van der Waals surface area contributed by atoms with Gasteiger partial charge in [0.1, 0.15) is 0 Å². The second-order valence-corrected chi connectivity index (χ2v) is 4.78.